The van der Waals surface area contributed by atoms with Crippen molar-refractivity contribution in [3.63, 3.8) is 0 Å². The number of benzene rings is 1. The molecule has 2 saturated heterocycles. The molecule has 2 aliphatic rings. The zero-order chi connectivity index (χ0) is 18.7. The highest BCUT2D eigenvalue weighted by atomic mass is 16.7. The quantitative estimate of drug-likeness (QED) is 0.893. The number of likely N-dealkylation sites (tertiary alicyclic amines) is 1. The molecule has 4 rings (SSSR count). The number of methoxy groups -OCH3 is 1. The normalized spacial score (nSPS) is 18.5. The molecule has 0 radical (unpaired) electrons. The first-order chi connectivity index (χ1) is 13.2. The Morgan fingerprint density at radius 3 is 2.59 bits per heavy atom. The Morgan fingerprint density at radius 1 is 1.15 bits per heavy atom. The van der Waals surface area contributed by atoms with E-state index in [-0.39, 0.29) is 5.91 Å². The number of anilines is 2. The first-order valence-corrected chi connectivity index (χ1v) is 9.12. The Bertz CT molecular complexity index is 793. The maximum absolute atomic E-state index is 12.7. The van der Waals surface area contributed by atoms with Gasteiger partial charge in [-0.1, -0.05) is 6.07 Å². The van der Waals surface area contributed by atoms with Crippen LogP contribution in [0, 0.1) is 0 Å². The second kappa shape index (κ2) is 7.54. The summed E-state index contributed by atoms with van der Waals surface area (Å²) < 4.78 is 16.6. The number of rotatable bonds is 4. The topological polar surface area (TPSA) is 72.9 Å². The molecule has 0 unspecified atom stereocenters. The standard InChI is InChI=1S/C20H23N3O4/c1-25-17-4-2-3-15(13-17)22-16-5-6-18(21-14-16)19(24)23-9-7-20(8-10-23)26-11-12-27-20/h2-6,13-14,22H,7-12H2,1H3. The van der Waals surface area contributed by atoms with Crippen LogP contribution in [0.5, 0.6) is 5.75 Å². The SMILES string of the molecule is COc1cccc(Nc2ccc(C(=O)N3CCC4(CC3)OCCO4)nc2)c1. The van der Waals surface area contributed by atoms with E-state index in [1.165, 1.54) is 0 Å². The molecule has 1 spiro atoms. The van der Waals surface area contributed by atoms with E-state index >= 15 is 0 Å². The van der Waals surface area contributed by atoms with Gasteiger partial charge in [-0.25, -0.2) is 4.98 Å². The monoisotopic (exact) mass is 369 g/mol. The third kappa shape index (κ3) is 3.89. The van der Waals surface area contributed by atoms with Gasteiger partial charge in [-0.05, 0) is 24.3 Å². The molecular formula is C20H23N3O4. The minimum Gasteiger partial charge on any atom is -0.497 e. The zero-order valence-electron chi connectivity index (χ0n) is 15.3. The lowest BCUT2D eigenvalue weighted by atomic mass is 10.0. The number of amides is 1. The minimum atomic E-state index is -0.477. The first kappa shape index (κ1) is 17.8. The van der Waals surface area contributed by atoms with E-state index in [0.717, 1.165) is 17.1 Å². The molecule has 2 aromatic rings. The Balaban J connectivity index is 1.37. The van der Waals surface area contributed by atoms with Gasteiger partial charge >= 0.3 is 0 Å². The molecule has 0 bridgehead atoms. The lowest BCUT2D eigenvalue weighted by molar-refractivity contribution is -0.181. The molecule has 0 atom stereocenters. The van der Waals surface area contributed by atoms with Crippen molar-refractivity contribution in [2.45, 2.75) is 18.6 Å². The highest BCUT2D eigenvalue weighted by molar-refractivity contribution is 5.92. The van der Waals surface area contributed by atoms with Crippen molar-refractivity contribution >= 4 is 17.3 Å². The highest BCUT2D eigenvalue weighted by Crippen LogP contribution is 2.31. The predicted molar refractivity (Wildman–Crippen MR) is 100 cm³/mol. The van der Waals surface area contributed by atoms with Crippen LogP contribution >= 0.6 is 0 Å². The van der Waals surface area contributed by atoms with Crippen LogP contribution in [0.3, 0.4) is 0 Å². The van der Waals surface area contributed by atoms with E-state index in [1.807, 2.05) is 35.2 Å². The molecule has 1 N–H and O–H groups in total. The van der Waals surface area contributed by atoms with Gasteiger partial charge in [0.1, 0.15) is 11.4 Å². The maximum atomic E-state index is 12.7. The molecule has 2 aliphatic heterocycles. The number of pyridine rings is 1. The summed E-state index contributed by atoms with van der Waals surface area (Å²) in [5.74, 6) is 0.239. The Labute approximate surface area is 158 Å². The van der Waals surface area contributed by atoms with Crippen LogP contribution in [0.4, 0.5) is 11.4 Å². The van der Waals surface area contributed by atoms with Crippen LogP contribution in [0.1, 0.15) is 23.3 Å². The number of piperidine rings is 1. The summed E-state index contributed by atoms with van der Waals surface area (Å²) >= 11 is 0. The second-order valence-corrected chi connectivity index (χ2v) is 6.69. The van der Waals surface area contributed by atoms with Gasteiger partial charge in [-0.2, -0.15) is 0 Å². The van der Waals surface area contributed by atoms with Crippen molar-refractivity contribution in [3.05, 3.63) is 48.3 Å². The lowest BCUT2D eigenvalue weighted by Gasteiger charge is -2.37. The largest absolute Gasteiger partial charge is 0.497 e. The molecule has 142 valence electrons. The van der Waals surface area contributed by atoms with E-state index in [0.29, 0.717) is 44.8 Å². The van der Waals surface area contributed by atoms with Crippen molar-refractivity contribution in [1.29, 1.82) is 0 Å². The van der Waals surface area contributed by atoms with Crippen LogP contribution in [0.25, 0.3) is 0 Å². The summed E-state index contributed by atoms with van der Waals surface area (Å²) in [7, 11) is 1.63. The zero-order valence-corrected chi connectivity index (χ0v) is 15.3. The number of hydrogen-bond donors (Lipinski definition) is 1. The van der Waals surface area contributed by atoms with Gasteiger partial charge in [-0.15, -0.1) is 0 Å². The van der Waals surface area contributed by atoms with E-state index in [9.17, 15) is 4.79 Å². The molecule has 7 heteroatoms. The predicted octanol–water partition coefficient (Wildman–Crippen LogP) is 2.81. The molecule has 0 aliphatic carbocycles. The maximum Gasteiger partial charge on any atom is 0.272 e. The van der Waals surface area contributed by atoms with Gasteiger partial charge in [0.2, 0.25) is 0 Å². The number of carbonyl (C=O) groups excluding carboxylic acids is 1. The highest BCUT2D eigenvalue weighted by Gasteiger charge is 2.40. The van der Waals surface area contributed by atoms with Crippen LogP contribution in [0.2, 0.25) is 0 Å². The fourth-order valence-electron chi connectivity index (χ4n) is 3.46. The van der Waals surface area contributed by atoms with Crippen molar-refractivity contribution in [2.75, 3.05) is 38.7 Å². The number of aromatic nitrogens is 1. The van der Waals surface area contributed by atoms with Gasteiger partial charge < -0.3 is 24.4 Å². The Hall–Kier alpha value is -2.64. The summed E-state index contributed by atoms with van der Waals surface area (Å²) in [5.41, 5.74) is 2.15. The number of nitrogens with one attached hydrogen (secondary N) is 1. The fraction of sp³-hybridized carbons (Fsp3) is 0.400. The van der Waals surface area contributed by atoms with E-state index in [2.05, 4.69) is 10.3 Å². The molecule has 1 aromatic carbocycles. The van der Waals surface area contributed by atoms with Crippen LogP contribution in [-0.4, -0.2) is 55.0 Å². The third-order valence-electron chi connectivity index (χ3n) is 4.97. The molecule has 1 aromatic heterocycles. The fourth-order valence-corrected chi connectivity index (χ4v) is 3.46. The molecule has 1 amide bonds. The average molecular weight is 369 g/mol. The second-order valence-electron chi connectivity index (χ2n) is 6.69. The van der Waals surface area contributed by atoms with Crippen LogP contribution in [-0.2, 0) is 9.47 Å². The Morgan fingerprint density at radius 2 is 1.93 bits per heavy atom. The van der Waals surface area contributed by atoms with Crippen molar-refractivity contribution in [1.82, 2.24) is 9.88 Å². The summed E-state index contributed by atoms with van der Waals surface area (Å²) in [6.07, 6.45) is 3.07. The first-order valence-electron chi connectivity index (χ1n) is 9.12. The van der Waals surface area contributed by atoms with E-state index in [1.54, 1.807) is 19.4 Å². The minimum absolute atomic E-state index is 0.0595. The van der Waals surface area contributed by atoms with Crippen molar-refractivity contribution in [3.8, 4) is 5.75 Å². The number of ether oxygens (including phenoxy) is 3. The molecule has 27 heavy (non-hydrogen) atoms. The average Bonchev–Trinajstić information content (AvgIpc) is 3.17. The van der Waals surface area contributed by atoms with E-state index in [4.69, 9.17) is 14.2 Å². The van der Waals surface area contributed by atoms with Crippen molar-refractivity contribution in [2.24, 2.45) is 0 Å². The van der Waals surface area contributed by atoms with Gasteiger partial charge in [0.15, 0.2) is 5.79 Å². The molecule has 7 nitrogen and oxygen atoms in total. The third-order valence-corrected chi connectivity index (χ3v) is 4.97. The van der Waals surface area contributed by atoms with E-state index < -0.39 is 5.79 Å². The van der Waals surface area contributed by atoms with Crippen LogP contribution < -0.4 is 10.1 Å². The van der Waals surface area contributed by atoms with Gasteiger partial charge in [0, 0.05) is 37.7 Å². The molecule has 3 heterocycles. The summed E-state index contributed by atoms with van der Waals surface area (Å²) in [6, 6.07) is 11.2. The van der Waals surface area contributed by atoms with Gasteiger partial charge in [0.25, 0.3) is 5.91 Å². The van der Waals surface area contributed by atoms with Crippen molar-refractivity contribution < 1.29 is 19.0 Å². The number of carbonyl (C=O) groups is 1. The Kier molecular flexibility index (Phi) is 4.96. The molecule has 0 saturated carbocycles. The van der Waals surface area contributed by atoms with Gasteiger partial charge in [0.05, 0.1) is 32.2 Å². The number of hydrogen-bond acceptors (Lipinski definition) is 6. The summed E-state index contributed by atoms with van der Waals surface area (Å²) in [4.78, 5) is 18.8. The lowest BCUT2D eigenvalue weighted by Crippen LogP contribution is -2.47. The smallest absolute Gasteiger partial charge is 0.272 e. The molecule has 2 fully saturated rings. The molecular weight excluding hydrogens is 346 g/mol. The summed E-state index contributed by atoms with van der Waals surface area (Å²) in [5, 5.41) is 3.26. The van der Waals surface area contributed by atoms with Gasteiger partial charge in [-0.3, -0.25) is 4.79 Å². The van der Waals surface area contributed by atoms with Crippen LogP contribution in [0.15, 0.2) is 42.6 Å². The number of nitrogens with zero attached hydrogens (tertiary/aromatic N) is 2. The summed E-state index contributed by atoms with van der Waals surface area (Å²) in [6.45, 7) is 2.50.